The van der Waals surface area contributed by atoms with Gasteiger partial charge >= 0.3 is 0 Å². The van der Waals surface area contributed by atoms with Gasteiger partial charge in [-0.3, -0.25) is 14.4 Å². The Hall–Kier alpha value is -3.47. The van der Waals surface area contributed by atoms with E-state index in [1.807, 2.05) is 11.0 Å². The Bertz CT molecular complexity index is 1240. The first-order chi connectivity index (χ1) is 19.5. The molecule has 214 valence electrons. The molecule has 0 radical (unpaired) electrons. The van der Waals surface area contributed by atoms with Crippen LogP contribution in [-0.4, -0.2) is 84.2 Å². The normalized spacial score (nSPS) is 19.8. The molecule has 3 aliphatic heterocycles. The first-order valence-corrected chi connectivity index (χ1v) is 15.1. The third kappa shape index (κ3) is 5.99. The summed E-state index contributed by atoms with van der Waals surface area (Å²) in [5.41, 5.74) is 1.32. The van der Waals surface area contributed by atoms with E-state index < -0.39 is 6.04 Å². The smallest absolute Gasteiger partial charge is 0.266 e. The Morgan fingerprint density at radius 3 is 2.75 bits per heavy atom. The lowest BCUT2D eigenvalue weighted by molar-refractivity contribution is -0.125. The van der Waals surface area contributed by atoms with Crippen LogP contribution in [0.4, 0.5) is 5.13 Å². The fourth-order valence-electron chi connectivity index (χ4n) is 5.85. The predicted molar refractivity (Wildman–Crippen MR) is 152 cm³/mol. The Balaban J connectivity index is 1.23. The molecule has 2 saturated heterocycles. The highest BCUT2D eigenvalue weighted by molar-refractivity contribution is 7.17. The Morgan fingerprint density at radius 1 is 1.18 bits per heavy atom. The van der Waals surface area contributed by atoms with E-state index in [1.54, 1.807) is 18.3 Å². The molecule has 3 aliphatic rings. The van der Waals surface area contributed by atoms with Crippen LogP contribution >= 0.6 is 11.3 Å². The van der Waals surface area contributed by atoms with E-state index in [2.05, 4.69) is 15.2 Å². The number of rotatable bonds is 10. The van der Waals surface area contributed by atoms with Crippen molar-refractivity contribution in [3.63, 3.8) is 0 Å². The third-order valence-corrected chi connectivity index (χ3v) is 9.10. The molecule has 2 unspecified atom stereocenters. The maximum atomic E-state index is 13.5. The largest absolute Gasteiger partial charge is 0.491 e. The van der Waals surface area contributed by atoms with Crippen molar-refractivity contribution in [1.29, 1.82) is 0 Å². The number of aldehydes is 1. The second-order valence-corrected chi connectivity index (χ2v) is 11.6. The van der Waals surface area contributed by atoms with Crippen LogP contribution < -0.4 is 15.0 Å². The van der Waals surface area contributed by atoms with Gasteiger partial charge in [0.15, 0.2) is 5.13 Å². The summed E-state index contributed by atoms with van der Waals surface area (Å²) in [6.07, 6.45) is 9.40. The van der Waals surface area contributed by atoms with Gasteiger partial charge in [0.2, 0.25) is 5.91 Å². The van der Waals surface area contributed by atoms with E-state index in [4.69, 9.17) is 4.74 Å². The SMILES string of the molecule is CNC(=O)C(CCC=O)N1Cc2cc(OCC3CCCCN3C(=O)c3cnc(N4CCCCC4)s3)ccc2C1=O. The van der Waals surface area contributed by atoms with E-state index in [0.29, 0.717) is 29.3 Å². The van der Waals surface area contributed by atoms with Gasteiger partial charge in [0, 0.05) is 45.2 Å². The van der Waals surface area contributed by atoms with Crippen molar-refractivity contribution < 1.29 is 23.9 Å². The van der Waals surface area contributed by atoms with Crippen molar-refractivity contribution in [1.82, 2.24) is 20.1 Å². The summed E-state index contributed by atoms with van der Waals surface area (Å²) in [5, 5.41) is 3.53. The van der Waals surface area contributed by atoms with Crippen molar-refractivity contribution >= 4 is 40.5 Å². The Labute approximate surface area is 238 Å². The molecule has 40 heavy (non-hydrogen) atoms. The highest BCUT2D eigenvalue weighted by Gasteiger charge is 2.36. The van der Waals surface area contributed by atoms with E-state index in [9.17, 15) is 19.2 Å². The monoisotopic (exact) mass is 567 g/mol. The number of carbonyl (C=O) groups is 4. The number of fused-ring (bicyclic) bond motifs is 1. The highest BCUT2D eigenvalue weighted by atomic mass is 32.1. The zero-order chi connectivity index (χ0) is 28.1. The number of nitrogens with zero attached hydrogens (tertiary/aromatic N) is 4. The molecule has 0 bridgehead atoms. The number of hydrogen-bond donors (Lipinski definition) is 1. The molecule has 0 saturated carbocycles. The molecule has 2 aromatic rings. The number of benzene rings is 1. The summed E-state index contributed by atoms with van der Waals surface area (Å²) < 4.78 is 6.18. The summed E-state index contributed by atoms with van der Waals surface area (Å²) >= 11 is 1.48. The molecule has 11 heteroatoms. The van der Waals surface area contributed by atoms with E-state index in [-0.39, 0.29) is 43.1 Å². The van der Waals surface area contributed by atoms with Crippen molar-refractivity contribution in [2.24, 2.45) is 0 Å². The van der Waals surface area contributed by atoms with Crippen LogP contribution in [0.3, 0.4) is 0 Å². The van der Waals surface area contributed by atoms with Gasteiger partial charge < -0.3 is 29.5 Å². The van der Waals surface area contributed by atoms with Crippen LogP contribution in [0.1, 0.15) is 77.0 Å². The van der Waals surface area contributed by atoms with Crippen LogP contribution in [0.2, 0.25) is 0 Å². The number of aromatic nitrogens is 1. The number of carbonyl (C=O) groups excluding carboxylic acids is 4. The lowest BCUT2D eigenvalue weighted by atomic mass is 10.0. The molecule has 1 N–H and O–H groups in total. The molecule has 5 rings (SSSR count). The lowest BCUT2D eigenvalue weighted by Crippen LogP contribution is -2.46. The minimum Gasteiger partial charge on any atom is -0.491 e. The van der Waals surface area contributed by atoms with Crippen LogP contribution in [0.25, 0.3) is 0 Å². The number of nitrogens with one attached hydrogen (secondary N) is 1. The van der Waals surface area contributed by atoms with Gasteiger partial charge in [-0.05, 0) is 68.7 Å². The number of likely N-dealkylation sites (tertiary alicyclic amines) is 1. The number of likely N-dealkylation sites (N-methyl/N-ethyl adjacent to an activating group) is 1. The van der Waals surface area contributed by atoms with Crippen LogP contribution in [0.15, 0.2) is 24.4 Å². The Kier molecular flexibility index (Phi) is 8.98. The molecule has 1 aromatic heterocycles. The summed E-state index contributed by atoms with van der Waals surface area (Å²) in [7, 11) is 1.53. The average molecular weight is 568 g/mol. The fourth-order valence-corrected chi connectivity index (χ4v) is 6.78. The van der Waals surface area contributed by atoms with E-state index in [0.717, 1.165) is 62.2 Å². The second-order valence-electron chi connectivity index (χ2n) is 10.6. The zero-order valence-corrected chi connectivity index (χ0v) is 23.8. The van der Waals surface area contributed by atoms with Crippen molar-refractivity contribution in [2.45, 2.75) is 70.0 Å². The van der Waals surface area contributed by atoms with E-state index in [1.165, 1.54) is 29.7 Å². The van der Waals surface area contributed by atoms with Crippen molar-refractivity contribution in [3.8, 4) is 5.75 Å². The van der Waals surface area contributed by atoms with Crippen molar-refractivity contribution in [2.75, 3.05) is 38.2 Å². The van der Waals surface area contributed by atoms with Crippen molar-refractivity contribution in [3.05, 3.63) is 40.4 Å². The average Bonchev–Trinajstić information content (AvgIpc) is 3.61. The predicted octanol–water partition coefficient (Wildman–Crippen LogP) is 3.26. The van der Waals surface area contributed by atoms with Gasteiger partial charge in [-0.1, -0.05) is 11.3 Å². The molecule has 10 nitrogen and oxygen atoms in total. The summed E-state index contributed by atoms with van der Waals surface area (Å²) in [5.74, 6) is 0.129. The molecular formula is C29H37N5O5S. The van der Waals surface area contributed by atoms with Crippen LogP contribution in [-0.2, 0) is 16.1 Å². The van der Waals surface area contributed by atoms with E-state index >= 15 is 0 Å². The topological polar surface area (TPSA) is 112 Å². The van der Waals surface area contributed by atoms with Gasteiger partial charge in [0.25, 0.3) is 11.8 Å². The van der Waals surface area contributed by atoms with Gasteiger partial charge in [0.05, 0.1) is 12.2 Å². The maximum absolute atomic E-state index is 13.5. The number of thiazole rings is 1. The molecule has 4 heterocycles. The quantitative estimate of drug-likeness (QED) is 0.439. The van der Waals surface area contributed by atoms with Gasteiger partial charge in [-0.2, -0.15) is 0 Å². The van der Waals surface area contributed by atoms with Gasteiger partial charge in [-0.25, -0.2) is 4.98 Å². The first-order valence-electron chi connectivity index (χ1n) is 14.2. The van der Waals surface area contributed by atoms with Crippen LogP contribution in [0.5, 0.6) is 5.75 Å². The number of amides is 3. The standard InChI is InChI=1S/C29H37N5O5S/c1-30-26(36)24(9-7-15-35)34-18-20-16-22(10-11-23(20)27(34)37)39-19-21-8-3-6-14-33(21)28(38)25-17-31-29(40-25)32-12-4-2-5-13-32/h10-11,15-17,21,24H,2-9,12-14,18-19H2,1H3,(H,30,36). The molecule has 2 fully saturated rings. The summed E-state index contributed by atoms with van der Waals surface area (Å²) in [6.45, 7) is 3.33. The number of ether oxygens (including phenoxy) is 1. The third-order valence-electron chi connectivity index (χ3n) is 8.05. The van der Waals surface area contributed by atoms with Gasteiger partial charge in [0.1, 0.15) is 29.6 Å². The molecule has 2 atom stereocenters. The zero-order valence-electron chi connectivity index (χ0n) is 23.0. The number of piperidine rings is 2. The number of hydrogen-bond acceptors (Lipinski definition) is 8. The highest BCUT2D eigenvalue weighted by Crippen LogP contribution is 2.31. The first kappa shape index (κ1) is 28.1. The molecular weight excluding hydrogens is 530 g/mol. The summed E-state index contributed by atoms with van der Waals surface area (Å²) in [4.78, 5) is 60.8. The number of anilines is 1. The molecule has 0 spiro atoms. The lowest BCUT2D eigenvalue weighted by Gasteiger charge is -2.35. The fraction of sp³-hybridized carbons (Fsp3) is 0.552. The Morgan fingerprint density at radius 2 is 1.98 bits per heavy atom. The molecule has 1 aromatic carbocycles. The second kappa shape index (κ2) is 12.8. The van der Waals surface area contributed by atoms with Crippen LogP contribution in [0, 0.1) is 0 Å². The van der Waals surface area contributed by atoms with Gasteiger partial charge in [-0.15, -0.1) is 0 Å². The minimum atomic E-state index is -0.705. The maximum Gasteiger partial charge on any atom is 0.266 e. The summed E-state index contributed by atoms with van der Waals surface area (Å²) in [6, 6.07) is 4.59. The molecule has 3 amide bonds. The molecule has 0 aliphatic carbocycles. The minimum absolute atomic E-state index is 0.0137.